The first kappa shape index (κ1) is 11.9. The highest BCUT2D eigenvalue weighted by Gasteiger charge is 2.48. The largest absolute Gasteiger partial charge is 0.340 e. The average Bonchev–Trinajstić information content (AvgIpc) is 2.14. The second-order valence-electron chi connectivity index (χ2n) is 6.11. The first-order chi connectivity index (χ1) is 7.43. The quantitative estimate of drug-likeness (QED) is 0.713. The number of piperidine rings is 1. The molecule has 92 valence electrons. The van der Waals surface area contributed by atoms with E-state index in [1.165, 1.54) is 13.1 Å². The molecule has 2 saturated heterocycles. The van der Waals surface area contributed by atoms with Crippen LogP contribution in [0.15, 0.2) is 0 Å². The average molecular weight is 224 g/mol. The van der Waals surface area contributed by atoms with Crippen LogP contribution in [0.1, 0.15) is 40.5 Å². The van der Waals surface area contributed by atoms with Gasteiger partial charge in [-0.1, -0.05) is 0 Å². The summed E-state index contributed by atoms with van der Waals surface area (Å²) in [5, 5.41) is 0. The van der Waals surface area contributed by atoms with Crippen LogP contribution in [0.2, 0.25) is 0 Å². The van der Waals surface area contributed by atoms with E-state index in [4.69, 9.17) is 0 Å². The third kappa shape index (κ3) is 1.97. The molecular weight excluding hydrogens is 200 g/mol. The number of nitrogens with zero attached hydrogens (tertiary/aromatic N) is 2. The van der Waals surface area contributed by atoms with E-state index in [1.54, 1.807) is 0 Å². The van der Waals surface area contributed by atoms with Gasteiger partial charge in [0.1, 0.15) is 0 Å². The molecule has 1 spiro atoms. The highest BCUT2D eigenvalue weighted by molar-refractivity contribution is 5.77. The number of hydrogen-bond acceptors (Lipinski definition) is 2. The van der Waals surface area contributed by atoms with E-state index >= 15 is 0 Å². The van der Waals surface area contributed by atoms with Crippen molar-refractivity contribution in [3.05, 3.63) is 0 Å². The van der Waals surface area contributed by atoms with Crippen molar-refractivity contribution in [3.8, 4) is 0 Å². The van der Waals surface area contributed by atoms with Crippen LogP contribution in [0, 0.1) is 5.41 Å². The second-order valence-corrected chi connectivity index (χ2v) is 6.11. The molecule has 0 radical (unpaired) electrons. The number of rotatable bonds is 2. The van der Waals surface area contributed by atoms with E-state index in [0.29, 0.717) is 23.4 Å². The highest BCUT2D eigenvalue weighted by Crippen LogP contribution is 2.40. The molecule has 0 aliphatic carbocycles. The van der Waals surface area contributed by atoms with Crippen LogP contribution in [0.25, 0.3) is 0 Å². The predicted octanol–water partition coefficient (Wildman–Crippen LogP) is 1.73. The Labute approximate surface area is 98.8 Å². The SMILES string of the molecule is CC(C)N1CC2(CCC(=O)N(C(C)C)C2)C1. The summed E-state index contributed by atoms with van der Waals surface area (Å²) >= 11 is 0. The topological polar surface area (TPSA) is 23.6 Å². The van der Waals surface area contributed by atoms with Crippen molar-refractivity contribution in [3.63, 3.8) is 0 Å². The van der Waals surface area contributed by atoms with Crippen LogP contribution in [0.4, 0.5) is 0 Å². The summed E-state index contributed by atoms with van der Waals surface area (Å²) in [5.41, 5.74) is 0.419. The molecule has 2 aliphatic rings. The fourth-order valence-electron chi connectivity index (χ4n) is 2.95. The zero-order valence-corrected chi connectivity index (χ0v) is 11.0. The van der Waals surface area contributed by atoms with Crippen LogP contribution in [-0.2, 0) is 4.79 Å². The molecule has 2 aliphatic heterocycles. The third-order valence-corrected chi connectivity index (χ3v) is 4.13. The van der Waals surface area contributed by atoms with Crippen molar-refractivity contribution in [2.24, 2.45) is 5.41 Å². The molecule has 0 atom stereocenters. The van der Waals surface area contributed by atoms with Gasteiger partial charge in [-0.15, -0.1) is 0 Å². The molecule has 0 aromatic carbocycles. The van der Waals surface area contributed by atoms with E-state index < -0.39 is 0 Å². The van der Waals surface area contributed by atoms with Crippen LogP contribution < -0.4 is 0 Å². The summed E-state index contributed by atoms with van der Waals surface area (Å²) in [5.74, 6) is 0.351. The van der Waals surface area contributed by atoms with Crippen molar-refractivity contribution >= 4 is 5.91 Å². The number of likely N-dealkylation sites (tertiary alicyclic amines) is 2. The molecule has 0 aromatic rings. The maximum atomic E-state index is 11.8. The predicted molar refractivity (Wildman–Crippen MR) is 65.2 cm³/mol. The van der Waals surface area contributed by atoms with Crippen LogP contribution in [-0.4, -0.2) is 47.4 Å². The minimum atomic E-state index is 0.351. The van der Waals surface area contributed by atoms with Gasteiger partial charge in [0.15, 0.2) is 0 Å². The molecule has 0 aromatic heterocycles. The van der Waals surface area contributed by atoms with Crippen molar-refractivity contribution in [2.75, 3.05) is 19.6 Å². The lowest BCUT2D eigenvalue weighted by Gasteiger charge is -2.56. The number of carbonyl (C=O) groups is 1. The van der Waals surface area contributed by atoms with Gasteiger partial charge in [-0.05, 0) is 34.1 Å². The molecule has 3 nitrogen and oxygen atoms in total. The Kier molecular flexibility index (Phi) is 2.99. The van der Waals surface area contributed by atoms with Crippen molar-refractivity contribution in [2.45, 2.75) is 52.6 Å². The van der Waals surface area contributed by atoms with Gasteiger partial charge < -0.3 is 4.90 Å². The lowest BCUT2D eigenvalue weighted by Crippen LogP contribution is -2.65. The Morgan fingerprint density at radius 2 is 1.69 bits per heavy atom. The summed E-state index contributed by atoms with van der Waals surface area (Å²) in [6.45, 7) is 12.1. The van der Waals surface area contributed by atoms with E-state index in [2.05, 4.69) is 37.5 Å². The Morgan fingerprint density at radius 3 is 2.19 bits per heavy atom. The summed E-state index contributed by atoms with van der Waals surface area (Å²) in [6.07, 6.45) is 1.85. The van der Waals surface area contributed by atoms with Crippen molar-refractivity contribution in [1.29, 1.82) is 0 Å². The monoisotopic (exact) mass is 224 g/mol. The summed E-state index contributed by atoms with van der Waals surface area (Å²) < 4.78 is 0. The summed E-state index contributed by atoms with van der Waals surface area (Å²) in [6, 6.07) is 1.01. The van der Waals surface area contributed by atoms with Gasteiger partial charge in [-0.3, -0.25) is 9.69 Å². The molecule has 3 heteroatoms. The van der Waals surface area contributed by atoms with Gasteiger partial charge in [-0.2, -0.15) is 0 Å². The molecule has 2 rings (SSSR count). The van der Waals surface area contributed by atoms with Gasteiger partial charge in [-0.25, -0.2) is 0 Å². The zero-order valence-electron chi connectivity index (χ0n) is 11.0. The van der Waals surface area contributed by atoms with E-state index in [9.17, 15) is 4.79 Å². The smallest absolute Gasteiger partial charge is 0.222 e. The molecular formula is C13H24N2O. The van der Waals surface area contributed by atoms with E-state index in [0.717, 1.165) is 19.4 Å². The summed E-state index contributed by atoms with van der Waals surface area (Å²) in [7, 11) is 0. The van der Waals surface area contributed by atoms with E-state index in [1.807, 2.05) is 0 Å². The van der Waals surface area contributed by atoms with Crippen LogP contribution in [0.5, 0.6) is 0 Å². The molecule has 0 saturated carbocycles. The fraction of sp³-hybridized carbons (Fsp3) is 0.923. The lowest BCUT2D eigenvalue weighted by atomic mass is 9.72. The van der Waals surface area contributed by atoms with Gasteiger partial charge in [0, 0.05) is 43.6 Å². The molecule has 2 heterocycles. The van der Waals surface area contributed by atoms with Crippen molar-refractivity contribution in [1.82, 2.24) is 9.80 Å². The minimum Gasteiger partial charge on any atom is -0.340 e. The van der Waals surface area contributed by atoms with Crippen molar-refractivity contribution < 1.29 is 4.79 Å². The maximum absolute atomic E-state index is 11.8. The highest BCUT2D eigenvalue weighted by atomic mass is 16.2. The second kappa shape index (κ2) is 4.02. The normalized spacial score (nSPS) is 25.6. The Hall–Kier alpha value is -0.570. The van der Waals surface area contributed by atoms with Gasteiger partial charge in [0.25, 0.3) is 0 Å². The minimum absolute atomic E-state index is 0.351. The summed E-state index contributed by atoms with van der Waals surface area (Å²) in [4.78, 5) is 16.4. The number of carbonyl (C=O) groups excluding carboxylic acids is 1. The molecule has 0 N–H and O–H groups in total. The van der Waals surface area contributed by atoms with Gasteiger partial charge in [0.05, 0.1) is 0 Å². The number of hydrogen-bond donors (Lipinski definition) is 0. The fourth-order valence-corrected chi connectivity index (χ4v) is 2.95. The lowest BCUT2D eigenvalue weighted by molar-refractivity contribution is -0.148. The Balaban J connectivity index is 1.97. The van der Waals surface area contributed by atoms with Gasteiger partial charge in [0.2, 0.25) is 5.91 Å². The molecule has 2 fully saturated rings. The Morgan fingerprint density at radius 1 is 1.06 bits per heavy atom. The van der Waals surface area contributed by atoms with Crippen LogP contribution in [0.3, 0.4) is 0 Å². The molecule has 0 bridgehead atoms. The zero-order chi connectivity index (χ0) is 11.9. The molecule has 16 heavy (non-hydrogen) atoms. The van der Waals surface area contributed by atoms with E-state index in [-0.39, 0.29) is 0 Å². The first-order valence-electron chi connectivity index (χ1n) is 6.47. The van der Waals surface area contributed by atoms with Gasteiger partial charge >= 0.3 is 0 Å². The third-order valence-electron chi connectivity index (χ3n) is 4.13. The Bertz CT molecular complexity index is 280. The van der Waals surface area contributed by atoms with Crippen LogP contribution >= 0.6 is 0 Å². The maximum Gasteiger partial charge on any atom is 0.222 e. The first-order valence-corrected chi connectivity index (χ1v) is 6.47. The molecule has 0 unspecified atom stereocenters. The number of amides is 1. The standard InChI is InChI=1S/C13H24N2O/c1-10(2)14-7-13(8-14)6-5-12(16)15(9-13)11(3)4/h10-11H,5-9H2,1-4H3. The molecule has 1 amide bonds.